The van der Waals surface area contributed by atoms with Crippen molar-refractivity contribution >= 4 is 11.6 Å². The number of carbonyl (C=O) groups is 1. The predicted molar refractivity (Wildman–Crippen MR) is 107 cm³/mol. The van der Waals surface area contributed by atoms with Gasteiger partial charge >= 0.3 is 0 Å². The summed E-state index contributed by atoms with van der Waals surface area (Å²) < 4.78 is 16.7. The molecule has 1 N–H and O–H groups in total. The third kappa shape index (κ3) is 4.93. The minimum atomic E-state index is -0.261. The number of amides is 1. The highest BCUT2D eigenvalue weighted by molar-refractivity contribution is 6.06. The van der Waals surface area contributed by atoms with Gasteiger partial charge in [0.1, 0.15) is 11.5 Å². The summed E-state index contributed by atoms with van der Waals surface area (Å²) in [7, 11) is 0. The SMILES string of the molecule is Cc1nc(COc2ccccc2C(=O)Nc2cccc(OC3CCCC3)c2)no1. The van der Waals surface area contributed by atoms with Crippen LogP contribution in [0.1, 0.15) is 47.8 Å². The topological polar surface area (TPSA) is 86.5 Å². The van der Waals surface area contributed by atoms with Crippen molar-refractivity contribution in [2.45, 2.75) is 45.3 Å². The van der Waals surface area contributed by atoms with Gasteiger partial charge in [0.2, 0.25) is 11.7 Å². The van der Waals surface area contributed by atoms with E-state index < -0.39 is 0 Å². The molecule has 0 aliphatic heterocycles. The lowest BCUT2D eigenvalue weighted by Crippen LogP contribution is -2.14. The Kier molecular flexibility index (Phi) is 5.74. The number of hydrogen-bond donors (Lipinski definition) is 1. The first-order chi connectivity index (χ1) is 14.2. The van der Waals surface area contributed by atoms with Gasteiger partial charge in [-0.1, -0.05) is 23.4 Å². The van der Waals surface area contributed by atoms with Gasteiger partial charge in [-0.15, -0.1) is 0 Å². The maximum Gasteiger partial charge on any atom is 0.259 e. The quantitative estimate of drug-likeness (QED) is 0.635. The first-order valence-corrected chi connectivity index (χ1v) is 9.76. The van der Waals surface area contributed by atoms with Crippen LogP contribution in [0.15, 0.2) is 53.1 Å². The van der Waals surface area contributed by atoms with Gasteiger partial charge in [0.15, 0.2) is 6.61 Å². The van der Waals surface area contributed by atoms with Gasteiger partial charge in [-0.05, 0) is 49.9 Å². The lowest BCUT2D eigenvalue weighted by molar-refractivity contribution is 0.102. The number of hydrogen-bond acceptors (Lipinski definition) is 6. The number of ether oxygens (including phenoxy) is 2. The van der Waals surface area contributed by atoms with E-state index in [2.05, 4.69) is 15.5 Å². The third-order valence-electron chi connectivity index (χ3n) is 4.75. The van der Waals surface area contributed by atoms with Gasteiger partial charge in [-0.2, -0.15) is 4.98 Å². The fraction of sp³-hybridized carbons (Fsp3) is 0.318. The van der Waals surface area contributed by atoms with E-state index in [4.69, 9.17) is 14.0 Å². The van der Waals surface area contributed by atoms with Gasteiger partial charge in [-0.3, -0.25) is 4.79 Å². The van der Waals surface area contributed by atoms with Gasteiger partial charge in [0, 0.05) is 18.7 Å². The van der Waals surface area contributed by atoms with E-state index in [0.29, 0.717) is 28.7 Å². The number of carbonyl (C=O) groups excluding carboxylic acids is 1. The zero-order chi connectivity index (χ0) is 20.1. The Bertz CT molecular complexity index is 979. The molecule has 150 valence electrons. The summed E-state index contributed by atoms with van der Waals surface area (Å²) in [6, 6.07) is 14.5. The second-order valence-corrected chi connectivity index (χ2v) is 7.02. The normalized spacial score (nSPS) is 14.0. The van der Waals surface area contributed by atoms with E-state index in [-0.39, 0.29) is 18.6 Å². The fourth-order valence-corrected chi connectivity index (χ4v) is 3.37. The molecule has 7 heteroatoms. The van der Waals surface area contributed by atoms with Crippen LogP contribution in [0.4, 0.5) is 5.69 Å². The number of aryl methyl sites for hydroxylation is 1. The van der Waals surface area contributed by atoms with Gasteiger partial charge in [0.25, 0.3) is 5.91 Å². The predicted octanol–water partition coefficient (Wildman–Crippen LogP) is 4.53. The van der Waals surface area contributed by atoms with Crippen molar-refractivity contribution in [1.82, 2.24) is 10.1 Å². The Morgan fingerprint density at radius 3 is 2.79 bits per heavy atom. The van der Waals surface area contributed by atoms with Crippen molar-refractivity contribution in [3.05, 3.63) is 65.8 Å². The second kappa shape index (κ2) is 8.77. The van der Waals surface area contributed by atoms with Crippen molar-refractivity contribution in [2.24, 2.45) is 0 Å². The van der Waals surface area contributed by atoms with Crippen LogP contribution < -0.4 is 14.8 Å². The zero-order valence-electron chi connectivity index (χ0n) is 16.3. The molecule has 1 heterocycles. The number of aromatic nitrogens is 2. The minimum Gasteiger partial charge on any atom is -0.490 e. The second-order valence-electron chi connectivity index (χ2n) is 7.02. The van der Waals surface area contributed by atoms with Crippen LogP contribution in [0.25, 0.3) is 0 Å². The molecule has 1 fully saturated rings. The Morgan fingerprint density at radius 2 is 2.00 bits per heavy atom. The molecule has 0 spiro atoms. The van der Waals surface area contributed by atoms with Crippen LogP contribution in [-0.2, 0) is 6.61 Å². The molecule has 7 nitrogen and oxygen atoms in total. The largest absolute Gasteiger partial charge is 0.490 e. The monoisotopic (exact) mass is 393 g/mol. The number of anilines is 1. The molecule has 2 aromatic carbocycles. The van der Waals surface area contributed by atoms with Gasteiger partial charge in [0.05, 0.1) is 11.7 Å². The molecule has 4 rings (SSSR count). The van der Waals surface area contributed by atoms with Crippen LogP contribution in [-0.4, -0.2) is 22.2 Å². The van der Waals surface area contributed by atoms with E-state index in [1.165, 1.54) is 12.8 Å². The number of nitrogens with zero attached hydrogens (tertiary/aromatic N) is 2. The highest BCUT2D eigenvalue weighted by Gasteiger charge is 2.17. The molecule has 0 bridgehead atoms. The summed E-state index contributed by atoms with van der Waals surface area (Å²) in [5.74, 6) is 1.85. The molecule has 1 aromatic heterocycles. The Hall–Kier alpha value is -3.35. The highest BCUT2D eigenvalue weighted by Crippen LogP contribution is 2.26. The summed E-state index contributed by atoms with van der Waals surface area (Å²) in [5.41, 5.74) is 1.10. The first kappa shape index (κ1) is 19.0. The Labute approximate surface area is 169 Å². The number of benzene rings is 2. The Morgan fingerprint density at radius 1 is 1.17 bits per heavy atom. The summed E-state index contributed by atoms with van der Waals surface area (Å²) in [6.45, 7) is 1.83. The average Bonchev–Trinajstić information content (AvgIpc) is 3.38. The summed E-state index contributed by atoms with van der Waals surface area (Å²) in [5, 5.41) is 6.72. The molecule has 1 aliphatic rings. The van der Waals surface area contributed by atoms with Crippen LogP contribution in [0, 0.1) is 6.92 Å². The Balaban J connectivity index is 1.43. The lowest BCUT2D eigenvalue weighted by Gasteiger charge is -2.14. The third-order valence-corrected chi connectivity index (χ3v) is 4.75. The highest BCUT2D eigenvalue weighted by atomic mass is 16.5. The minimum absolute atomic E-state index is 0.117. The average molecular weight is 393 g/mol. The molecule has 1 saturated carbocycles. The van der Waals surface area contributed by atoms with E-state index in [1.807, 2.05) is 30.3 Å². The summed E-state index contributed by atoms with van der Waals surface area (Å²) >= 11 is 0. The zero-order valence-corrected chi connectivity index (χ0v) is 16.3. The molecule has 0 radical (unpaired) electrons. The molecule has 0 saturated heterocycles. The number of para-hydroxylation sites is 1. The molecule has 0 atom stereocenters. The van der Waals surface area contributed by atoms with E-state index in [1.54, 1.807) is 25.1 Å². The van der Waals surface area contributed by atoms with Crippen molar-refractivity contribution in [3.8, 4) is 11.5 Å². The van der Waals surface area contributed by atoms with E-state index in [9.17, 15) is 4.79 Å². The van der Waals surface area contributed by atoms with E-state index >= 15 is 0 Å². The van der Waals surface area contributed by atoms with Crippen molar-refractivity contribution < 1.29 is 18.8 Å². The lowest BCUT2D eigenvalue weighted by atomic mass is 10.2. The molecule has 0 unspecified atom stereocenters. The van der Waals surface area contributed by atoms with Crippen LogP contribution in [0.2, 0.25) is 0 Å². The number of nitrogens with one attached hydrogen (secondary N) is 1. The van der Waals surface area contributed by atoms with Crippen LogP contribution >= 0.6 is 0 Å². The fourth-order valence-electron chi connectivity index (χ4n) is 3.37. The van der Waals surface area contributed by atoms with Crippen molar-refractivity contribution in [1.29, 1.82) is 0 Å². The van der Waals surface area contributed by atoms with E-state index in [0.717, 1.165) is 18.6 Å². The molecular formula is C22H23N3O4. The smallest absolute Gasteiger partial charge is 0.259 e. The molecular weight excluding hydrogens is 370 g/mol. The maximum atomic E-state index is 12.8. The molecule has 29 heavy (non-hydrogen) atoms. The van der Waals surface area contributed by atoms with Gasteiger partial charge in [-0.25, -0.2) is 0 Å². The number of rotatable bonds is 7. The summed E-state index contributed by atoms with van der Waals surface area (Å²) in [4.78, 5) is 16.9. The standard InChI is InChI=1S/C22H23N3O4/c1-15-23-21(25-29-15)14-27-20-12-5-4-11-19(20)22(26)24-16-7-6-10-18(13-16)28-17-8-2-3-9-17/h4-7,10-13,17H,2-3,8-9,14H2,1H3,(H,24,26). The molecule has 1 aliphatic carbocycles. The summed E-state index contributed by atoms with van der Waals surface area (Å²) in [6.07, 6.45) is 4.86. The molecule has 1 amide bonds. The molecule has 3 aromatic rings. The van der Waals surface area contributed by atoms with Gasteiger partial charge < -0.3 is 19.3 Å². The first-order valence-electron chi connectivity index (χ1n) is 9.76. The maximum absolute atomic E-state index is 12.8. The van der Waals surface area contributed by atoms with Crippen molar-refractivity contribution in [3.63, 3.8) is 0 Å². The van der Waals surface area contributed by atoms with Crippen LogP contribution in [0.3, 0.4) is 0 Å². The van der Waals surface area contributed by atoms with Crippen LogP contribution in [0.5, 0.6) is 11.5 Å². The van der Waals surface area contributed by atoms with Crippen molar-refractivity contribution in [2.75, 3.05) is 5.32 Å².